The van der Waals surface area contributed by atoms with Gasteiger partial charge in [-0.05, 0) is 19.4 Å². The van der Waals surface area contributed by atoms with E-state index in [2.05, 4.69) is 10.6 Å². The van der Waals surface area contributed by atoms with Gasteiger partial charge in [-0.1, -0.05) is 0 Å². The summed E-state index contributed by atoms with van der Waals surface area (Å²) in [4.78, 5) is 10.7. The highest BCUT2D eigenvalue weighted by molar-refractivity contribution is 5.85. The van der Waals surface area contributed by atoms with Gasteiger partial charge in [0.05, 0.1) is 0 Å². The molecule has 0 radical (unpaired) electrons. The maximum Gasteiger partial charge on any atom is 0.407 e. The number of amides is 1. The average molecular weight is 207 g/mol. The second kappa shape index (κ2) is 4.15. The van der Waals surface area contributed by atoms with Crippen LogP contribution in [0.2, 0.25) is 0 Å². The van der Waals surface area contributed by atoms with Crippen molar-refractivity contribution < 1.29 is 9.53 Å². The summed E-state index contributed by atoms with van der Waals surface area (Å²) >= 11 is 0. The van der Waals surface area contributed by atoms with E-state index in [1.807, 2.05) is 0 Å². The topological polar surface area (TPSA) is 50.4 Å². The van der Waals surface area contributed by atoms with E-state index in [0.717, 1.165) is 26.1 Å². The summed E-state index contributed by atoms with van der Waals surface area (Å²) in [5.74, 6) is 0. The number of cyclic esters (lactones) is 1. The number of alkyl carbamates (subject to hydrolysis) is 1. The monoisotopic (exact) mass is 206 g/mol. The second-order valence-electron chi connectivity index (χ2n) is 3.71. The molecule has 0 aromatic heterocycles. The Bertz CT molecular complexity index is 181. The minimum atomic E-state index is -0.272. The van der Waals surface area contributed by atoms with Crippen LogP contribution < -0.4 is 10.6 Å². The average Bonchev–Trinajstić information content (AvgIpc) is 2.13. The first-order valence-electron chi connectivity index (χ1n) is 4.42. The molecule has 2 rings (SSSR count). The van der Waals surface area contributed by atoms with Crippen molar-refractivity contribution in [2.75, 3.05) is 26.2 Å². The van der Waals surface area contributed by atoms with Crippen molar-refractivity contribution in [1.29, 1.82) is 0 Å². The molecule has 4 nitrogen and oxygen atoms in total. The van der Waals surface area contributed by atoms with Crippen LogP contribution in [0.5, 0.6) is 0 Å². The standard InChI is InChI=1S/C8H14N2O2.ClH/c11-7-10-5-8(6-12-7)2-1-3-9-4-8;/h9H,1-6H2,(H,10,11);1H. The third-order valence-corrected chi connectivity index (χ3v) is 2.68. The molecular weight excluding hydrogens is 192 g/mol. The number of hydrogen-bond acceptors (Lipinski definition) is 3. The molecule has 0 aliphatic carbocycles. The third-order valence-electron chi connectivity index (χ3n) is 2.68. The molecule has 0 aromatic carbocycles. The Morgan fingerprint density at radius 2 is 2.23 bits per heavy atom. The lowest BCUT2D eigenvalue weighted by atomic mass is 9.81. The van der Waals surface area contributed by atoms with Crippen molar-refractivity contribution in [3.05, 3.63) is 0 Å². The van der Waals surface area contributed by atoms with Crippen molar-refractivity contribution in [2.45, 2.75) is 12.8 Å². The molecule has 2 aliphatic heterocycles. The quantitative estimate of drug-likeness (QED) is 0.608. The van der Waals surface area contributed by atoms with Crippen molar-refractivity contribution in [3.8, 4) is 0 Å². The Hall–Kier alpha value is -0.480. The van der Waals surface area contributed by atoms with Crippen LogP contribution in [0.1, 0.15) is 12.8 Å². The molecule has 0 aromatic rings. The Kier molecular flexibility index (Phi) is 3.39. The Morgan fingerprint density at radius 3 is 2.77 bits per heavy atom. The van der Waals surface area contributed by atoms with Crippen molar-refractivity contribution in [1.82, 2.24) is 10.6 Å². The molecule has 2 N–H and O–H groups in total. The fraction of sp³-hybridized carbons (Fsp3) is 0.875. The number of piperidine rings is 1. The molecule has 1 spiro atoms. The first kappa shape index (κ1) is 10.6. The minimum Gasteiger partial charge on any atom is -0.449 e. The summed E-state index contributed by atoms with van der Waals surface area (Å²) in [7, 11) is 0. The van der Waals surface area contributed by atoms with Gasteiger partial charge in [-0.2, -0.15) is 0 Å². The highest BCUT2D eigenvalue weighted by Gasteiger charge is 2.36. The number of hydrogen-bond donors (Lipinski definition) is 2. The lowest BCUT2D eigenvalue weighted by molar-refractivity contribution is 0.0353. The predicted octanol–water partition coefficient (Wildman–Crippen LogP) is 0.518. The van der Waals surface area contributed by atoms with Crippen LogP contribution in [0.3, 0.4) is 0 Å². The highest BCUT2D eigenvalue weighted by Crippen LogP contribution is 2.27. The summed E-state index contributed by atoms with van der Waals surface area (Å²) in [5, 5.41) is 6.07. The molecule has 1 amide bonds. The van der Waals surface area contributed by atoms with Gasteiger partial charge in [0, 0.05) is 18.5 Å². The number of carbonyl (C=O) groups excluding carboxylic acids is 1. The SMILES string of the molecule is Cl.O=C1NCC2(CCCNC2)CO1. The largest absolute Gasteiger partial charge is 0.449 e. The minimum absolute atomic E-state index is 0. The molecule has 1 unspecified atom stereocenters. The Balaban J connectivity index is 0.000000845. The second-order valence-corrected chi connectivity index (χ2v) is 3.71. The molecular formula is C8H15ClN2O2. The van der Waals surface area contributed by atoms with Crippen molar-refractivity contribution in [3.63, 3.8) is 0 Å². The number of nitrogens with one attached hydrogen (secondary N) is 2. The lowest BCUT2D eigenvalue weighted by Crippen LogP contribution is -2.54. The zero-order valence-corrected chi connectivity index (χ0v) is 8.28. The van der Waals surface area contributed by atoms with Gasteiger partial charge in [0.2, 0.25) is 0 Å². The number of halogens is 1. The molecule has 76 valence electrons. The van der Waals surface area contributed by atoms with Crippen LogP contribution in [0.4, 0.5) is 4.79 Å². The van der Waals surface area contributed by atoms with Gasteiger partial charge in [-0.15, -0.1) is 12.4 Å². The summed E-state index contributed by atoms with van der Waals surface area (Å²) in [5.41, 5.74) is 0.173. The van der Waals surface area contributed by atoms with Crippen molar-refractivity contribution >= 4 is 18.5 Å². The Morgan fingerprint density at radius 1 is 1.38 bits per heavy atom. The van der Waals surface area contributed by atoms with Crippen LogP contribution in [0.15, 0.2) is 0 Å². The molecule has 13 heavy (non-hydrogen) atoms. The molecule has 2 fully saturated rings. The van der Waals surface area contributed by atoms with E-state index in [1.165, 1.54) is 6.42 Å². The van der Waals surface area contributed by atoms with E-state index in [9.17, 15) is 4.79 Å². The van der Waals surface area contributed by atoms with Crippen molar-refractivity contribution in [2.24, 2.45) is 5.41 Å². The van der Waals surface area contributed by atoms with Gasteiger partial charge < -0.3 is 15.4 Å². The van der Waals surface area contributed by atoms with Crippen LogP contribution in [-0.4, -0.2) is 32.3 Å². The van der Waals surface area contributed by atoms with Crippen LogP contribution in [-0.2, 0) is 4.74 Å². The first-order valence-corrected chi connectivity index (χ1v) is 4.42. The van der Waals surface area contributed by atoms with Crippen LogP contribution in [0, 0.1) is 5.41 Å². The van der Waals surface area contributed by atoms with Crippen LogP contribution >= 0.6 is 12.4 Å². The zero-order chi connectivity index (χ0) is 8.44. The first-order chi connectivity index (χ1) is 5.81. The zero-order valence-electron chi connectivity index (χ0n) is 7.47. The maximum atomic E-state index is 10.7. The van der Waals surface area contributed by atoms with E-state index >= 15 is 0 Å². The van der Waals surface area contributed by atoms with E-state index in [4.69, 9.17) is 4.74 Å². The third kappa shape index (κ3) is 2.25. The highest BCUT2D eigenvalue weighted by atomic mass is 35.5. The molecule has 2 heterocycles. The fourth-order valence-electron chi connectivity index (χ4n) is 1.88. The molecule has 2 aliphatic rings. The van der Waals surface area contributed by atoms with Gasteiger partial charge in [-0.25, -0.2) is 4.79 Å². The van der Waals surface area contributed by atoms with E-state index in [0.29, 0.717) is 6.61 Å². The van der Waals surface area contributed by atoms with Crippen LogP contribution in [0.25, 0.3) is 0 Å². The summed E-state index contributed by atoms with van der Waals surface area (Å²) < 4.78 is 4.98. The van der Waals surface area contributed by atoms with E-state index < -0.39 is 0 Å². The van der Waals surface area contributed by atoms with Gasteiger partial charge >= 0.3 is 6.09 Å². The number of ether oxygens (including phenoxy) is 1. The molecule has 5 heteroatoms. The fourth-order valence-corrected chi connectivity index (χ4v) is 1.88. The summed E-state index contributed by atoms with van der Waals surface area (Å²) in [6, 6.07) is 0. The lowest BCUT2D eigenvalue weighted by Gasteiger charge is -2.39. The van der Waals surface area contributed by atoms with Gasteiger partial charge in [0.25, 0.3) is 0 Å². The Labute approximate surface area is 83.8 Å². The van der Waals surface area contributed by atoms with Gasteiger partial charge in [0.15, 0.2) is 0 Å². The maximum absolute atomic E-state index is 10.7. The predicted molar refractivity (Wildman–Crippen MR) is 51.1 cm³/mol. The summed E-state index contributed by atoms with van der Waals surface area (Å²) in [6.45, 7) is 3.40. The van der Waals surface area contributed by atoms with E-state index in [-0.39, 0.29) is 23.9 Å². The van der Waals surface area contributed by atoms with E-state index in [1.54, 1.807) is 0 Å². The molecule has 2 saturated heterocycles. The molecule has 0 bridgehead atoms. The molecule has 1 atom stereocenters. The number of carbonyl (C=O) groups is 1. The summed E-state index contributed by atoms with van der Waals surface area (Å²) in [6.07, 6.45) is 2.06. The number of rotatable bonds is 0. The van der Waals surface area contributed by atoms with Gasteiger partial charge in [-0.3, -0.25) is 0 Å². The normalized spacial score (nSPS) is 33.1. The smallest absolute Gasteiger partial charge is 0.407 e. The molecule has 0 saturated carbocycles. The van der Waals surface area contributed by atoms with Gasteiger partial charge in [0.1, 0.15) is 6.61 Å².